The van der Waals surface area contributed by atoms with Gasteiger partial charge in [-0.1, -0.05) is 6.92 Å². The third-order valence-electron chi connectivity index (χ3n) is 4.18. The zero-order chi connectivity index (χ0) is 15.1. The van der Waals surface area contributed by atoms with Crippen molar-refractivity contribution in [1.82, 2.24) is 15.0 Å². The first-order chi connectivity index (χ1) is 10.0. The first kappa shape index (κ1) is 14.2. The maximum Gasteiger partial charge on any atom is 0.263 e. The van der Waals surface area contributed by atoms with Crippen LogP contribution in [0.1, 0.15) is 36.8 Å². The lowest BCUT2D eigenvalue weighted by Gasteiger charge is -2.18. The number of nitrogens with two attached hydrogens (primary N) is 1. The monoisotopic (exact) mass is 306 g/mol. The van der Waals surface area contributed by atoms with E-state index < -0.39 is 11.9 Å². The Morgan fingerprint density at radius 1 is 1.62 bits per heavy atom. The van der Waals surface area contributed by atoms with Gasteiger partial charge in [-0.3, -0.25) is 19.6 Å². The van der Waals surface area contributed by atoms with E-state index in [1.54, 1.807) is 18.3 Å². The van der Waals surface area contributed by atoms with Gasteiger partial charge >= 0.3 is 0 Å². The molecule has 6 nitrogen and oxygen atoms in total. The maximum atomic E-state index is 12.7. The molecule has 1 aliphatic rings. The summed E-state index contributed by atoms with van der Waals surface area (Å²) in [6.07, 6.45) is 4.45. The van der Waals surface area contributed by atoms with E-state index in [1.807, 2.05) is 0 Å². The van der Waals surface area contributed by atoms with Gasteiger partial charge < -0.3 is 0 Å². The SMILES string of the molecule is C[C@@H]1CCc2c(sc3ncn([C@H](C)C(=O)NN)c(=O)c23)C1. The van der Waals surface area contributed by atoms with Gasteiger partial charge in [0.05, 0.1) is 11.7 Å². The van der Waals surface area contributed by atoms with Crippen molar-refractivity contribution in [2.75, 3.05) is 0 Å². The number of aromatic nitrogens is 2. The smallest absolute Gasteiger partial charge is 0.263 e. The molecule has 0 radical (unpaired) electrons. The number of fused-ring (bicyclic) bond motifs is 3. The summed E-state index contributed by atoms with van der Waals surface area (Å²) < 4.78 is 1.36. The molecule has 2 aromatic heterocycles. The van der Waals surface area contributed by atoms with Gasteiger partial charge in [0.2, 0.25) is 0 Å². The van der Waals surface area contributed by atoms with E-state index in [0.29, 0.717) is 11.3 Å². The molecule has 1 aliphatic carbocycles. The zero-order valence-corrected chi connectivity index (χ0v) is 12.9. The summed E-state index contributed by atoms with van der Waals surface area (Å²) in [6, 6.07) is -0.669. The standard InChI is InChI=1S/C14H18N4O2S/c1-7-3-4-9-10(5-7)21-13-11(9)14(20)18(6-16-13)8(2)12(19)17-15/h6-8H,3-5,15H2,1-2H3,(H,17,19)/t7-,8-/m1/s1. The van der Waals surface area contributed by atoms with E-state index in [9.17, 15) is 9.59 Å². The van der Waals surface area contributed by atoms with Crippen molar-refractivity contribution >= 4 is 27.5 Å². The Labute approximate surface area is 125 Å². The molecule has 0 spiro atoms. The van der Waals surface area contributed by atoms with Crippen LogP contribution in [0.25, 0.3) is 10.2 Å². The molecule has 0 bridgehead atoms. The number of nitrogens with one attached hydrogen (secondary N) is 1. The van der Waals surface area contributed by atoms with Gasteiger partial charge in [-0.2, -0.15) is 0 Å². The van der Waals surface area contributed by atoms with Crippen LogP contribution in [0.5, 0.6) is 0 Å². The lowest BCUT2D eigenvalue weighted by Crippen LogP contribution is -2.39. The second-order valence-electron chi connectivity index (χ2n) is 5.67. The van der Waals surface area contributed by atoms with Crippen LogP contribution >= 0.6 is 11.3 Å². The molecule has 2 heterocycles. The largest absolute Gasteiger partial charge is 0.292 e. The van der Waals surface area contributed by atoms with Crippen LogP contribution in [-0.4, -0.2) is 15.5 Å². The third-order valence-corrected chi connectivity index (χ3v) is 5.34. The molecule has 2 aromatic rings. The quantitative estimate of drug-likeness (QED) is 0.494. The first-order valence-electron chi connectivity index (χ1n) is 7.04. The molecule has 0 fully saturated rings. The minimum absolute atomic E-state index is 0.150. The second-order valence-corrected chi connectivity index (χ2v) is 6.76. The van der Waals surface area contributed by atoms with Crippen LogP contribution in [0, 0.1) is 5.92 Å². The molecule has 0 unspecified atom stereocenters. The highest BCUT2D eigenvalue weighted by molar-refractivity contribution is 7.18. The van der Waals surface area contributed by atoms with Gasteiger partial charge in [0, 0.05) is 4.88 Å². The predicted molar refractivity (Wildman–Crippen MR) is 82.1 cm³/mol. The van der Waals surface area contributed by atoms with Crippen LogP contribution in [0.4, 0.5) is 0 Å². The fraction of sp³-hybridized carbons (Fsp3) is 0.500. The first-order valence-corrected chi connectivity index (χ1v) is 7.86. The van der Waals surface area contributed by atoms with Crippen molar-refractivity contribution < 1.29 is 4.79 Å². The topological polar surface area (TPSA) is 90.0 Å². The van der Waals surface area contributed by atoms with Crippen LogP contribution in [0.15, 0.2) is 11.1 Å². The van der Waals surface area contributed by atoms with E-state index in [0.717, 1.165) is 29.7 Å². The Kier molecular flexibility index (Phi) is 3.54. The highest BCUT2D eigenvalue weighted by Gasteiger charge is 2.24. The minimum Gasteiger partial charge on any atom is -0.292 e. The molecule has 3 N–H and O–H groups in total. The normalized spacial score (nSPS) is 19.3. The second kappa shape index (κ2) is 5.23. The number of carbonyl (C=O) groups excluding carboxylic acids is 1. The molecular weight excluding hydrogens is 288 g/mol. The van der Waals surface area contributed by atoms with Crippen LogP contribution in [0.3, 0.4) is 0 Å². The average molecular weight is 306 g/mol. The Bertz CT molecular complexity index is 764. The van der Waals surface area contributed by atoms with Crippen molar-refractivity contribution in [2.45, 2.75) is 39.2 Å². The number of nitrogens with zero attached hydrogens (tertiary/aromatic N) is 2. The molecule has 3 rings (SSSR count). The molecule has 21 heavy (non-hydrogen) atoms. The van der Waals surface area contributed by atoms with Crippen LogP contribution in [-0.2, 0) is 17.6 Å². The van der Waals surface area contributed by atoms with E-state index in [2.05, 4.69) is 17.3 Å². The third kappa shape index (κ3) is 2.26. The molecule has 1 amide bonds. The Balaban J connectivity index is 2.17. The zero-order valence-electron chi connectivity index (χ0n) is 12.0. The summed E-state index contributed by atoms with van der Waals surface area (Å²) in [6.45, 7) is 3.87. The van der Waals surface area contributed by atoms with Gasteiger partial charge in [-0.05, 0) is 37.7 Å². The molecule has 0 aromatic carbocycles. The van der Waals surface area contributed by atoms with E-state index in [1.165, 1.54) is 15.8 Å². The van der Waals surface area contributed by atoms with Gasteiger partial charge in [0.1, 0.15) is 10.9 Å². The minimum atomic E-state index is -0.669. The van der Waals surface area contributed by atoms with E-state index in [-0.39, 0.29) is 5.56 Å². The van der Waals surface area contributed by atoms with E-state index >= 15 is 0 Å². The maximum absolute atomic E-state index is 12.7. The number of rotatable bonds is 2. The molecule has 7 heteroatoms. The predicted octanol–water partition coefficient (Wildman–Crippen LogP) is 1.13. The van der Waals surface area contributed by atoms with Crippen molar-refractivity contribution in [2.24, 2.45) is 11.8 Å². The number of hydrogen-bond acceptors (Lipinski definition) is 5. The number of hydrogen-bond donors (Lipinski definition) is 2. The summed E-state index contributed by atoms with van der Waals surface area (Å²) in [5.41, 5.74) is 3.05. The number of thiophene rings is 1. The molecule has 2 atom stereocenters. The van der Waals surface area contributed by atoms with Crippen LogP contribution in [0.2, 0.25) is 0 Å². The van der Waals surface area contributed by atoms with Gasteiger partial charge in [-0.15, -0.1) is 11.3 Å². The number of aryl methyl sites for hydroxylation is 1. The summed E-state index contributed by atoms with van der Waals surface area (Å²) >= 11 is 1.60. The number of hydrazine groups is 1. The van der Waals surface area contributed by atoms with Crippen molar-refractivity contribution in [1.29, 1.82) is 0 Å². The number of amides is 1. The average Bonchev–Trinajstić information content (AvgIpc) is 2.84. The molecular formula is C14H18N4O2S. The Morgan fingerprint density at radius 3 is 3.10 bits per heavy atom. The summed E-state index contributed by atoms with van der Waals surface area (Å²) in [5, 5.41) is 0.682. The van der Waals surface area contributed by atoms with Gasteiger partial charge in [0.25, 0.3) is 11.5 Å². The van der Waals surface area contributed by atoms with Gasteiger partial charge in [-0.25, -0.2) is 10.8 Å². The summed E-state index contributed by atoms with van der Waals surface area (Å²) in [4.78, 5) is 30.8. The fourth-order valence-electron chi connectivity index (χ4n) is 2.87. The van der Waals surface area contributed by atoms with Crippen LogP contribution < -0.4 is 16.8 Å². The lowest BCUT2D eigenvalue weighted by atomic mass is 9.89. The highest BCUT2D eigenvalue weighted by Crippen LogP contribution is 2.35. The van der Waals surface area contributed by atoms with Gasteiger partial charge in [0.15, 0.2) is 0 Å². The molecule has 112 valence electrons. The Hall–Kier alpha value is -1.73. The molecule has 0 saturated carbocycles. The fourth-order valence-corrected chi connectivity index (χ4v) is 4.21. The summed E-state index contributed by atoms with van der Waals surface area (Å²) in [5.74, 6) is 5.39. The Morgan fingerprint density at radius 2 is 2.38 bits per heavy atom. The molecule has 0 aliphatic heterocycles. The van der Waals surface area contributed by atoms with E-state index in [4.69, 9.17) is 5.84 Å². The number of carbonyl (C=O) groups is 1. The molecule has 0 saturated heterocycles. The highest BCUT2D eigenvalue weighted by atomic mass is 32.1. The van der Waals surface area contributed by atoms with Crippen molar-refractivity contribution in [3.8, 4) is 0 Å². The summed E-state index contributed by atoms with van der Waals surface area (Å²) in [7, 11) is 0. The lowest BCUT2D eigenvalue weighted by molar-refractivity contribution is -0.124. The van der Waals surface area contributed by atoms with Crippen molar-refractivity contribution in [3.05, 3.63) is 27.1 Å². The van der Waals surface area contributed by atoms with Crippen molar-refractivity contribution in [3.63, 3.8) is 0 Å².